The molecule has 0 radical (unpaired) electrons. The van der Waals surface area contributed by atoms with Gasteiger partial charge in [-0.2, -0.15) is 0 Å². The molecular formula is C17H37BrN+. The fourth-order valence-electron chi connectivity index (χ4n) is 2.60. The molecule has 1 atom stereocenters. The molecule has 0 aliphatic rings. The first-order valence-electron chi connectivity index (χ1n) is 8.58. The minimum atomic E-state index is 1.12. The van der Waals surface area contributed by atoms with Crippen molar-refractivity contribution in [1.29, 1.82) is 0 Å². The van der Waals surface area contributed by atoms with Crippen LogP contribution in [0.1, 0.15) is 84.5 Å². The molecule has 0 aromatic carbocycles. The first kappa shape index (κ1) is 19.4. The summed E-state index contributed by atoms with van der Waals surface area (Å²) < 4.78 is 1.22. The first-order valence-corrected chi connectivity index (χ1v) is 9.70. The second kappa shape index (κ2) is 13.4. The van der Waals surface area contributed by atoms with Crippen molar-refractivity contribution in [1.82, 2.24) is 0 Å². The van der Waals surface area contributed by atoms with Gasteiger partial charge in [0.05, 0.1) is 20.1 Å². The maximum atomic E-state index is 3.72. The van der Waals surface area contributed by atoms with E-state index in [0.717, 1.165) is 5.45 Å². The van der Waals surface area contributed by atoms with Crippen LogP contribution in [0.25, 0.3) is 0 Å². The van der Waals surface area contributed by atoms with Crippen molar-refractivity contribution in [3.05, 3.63) is 0 Å². The highest BCUT2D eigenvalue weighted by molar-refractivity contribution is 9.09. The number of hydrogen-bond acceptors (Lipinski definition) is 0. The lowest BCUT2D eigenvalue weighted by molar-refractivity contribution is -0.896. The second-order valence-corrected chi connectivity index (χ2v) is 6.87. The summed E-state index contributed by atoms with van der Waals surface area (Å²) in [5.41, 5.74) is 1.12. The van der Waals surface area contributed by atoms with E-state index >= 15 is 0 Å². The third kappa shape index (κ3) is 11.9. The molecule has 0 N–H and O–H groups in total. The molecule has 0 bridgehead atoms. The van der Waals surface area contributed by atoms with Gasteiger partial charge in [-0.1, -0.05) is 58.8 Å². The third-order valence-corrected chi connectivity index (χ3v) is 5.35. The van der Waals surface area contributed by atoms with E-state index in [2.05, 4.69) is 36.8 Å². The van der Waals surface area contributed by atoms with Crippen LogP contribution in [0.3, 0.4) is 0 Å². The Morgan fingerprint density at radius 3 is 1.37 bits per heavy atom. The second-order valence-electron chi connectivity index (χ2n) is 6.37. The molecule has 0 aromatic heterocycles. The Hall–Kier alpha value is 0.440. The lowest BCUT2D eigenvalue weighted by atomic mass is 10.1. The molecule has 0 fully saturated rings. The normalized spacial score (nSPS) is 14.5. The molecule has 2 heteroatoms. The van der Waals surface area contributed by atoms with Crippen molar-refractivity contribution >= 4 is 15.9 Å². The van der Waals surface area contributed by atoms with Gasteiger partial charge < -0.3 is 4.48 Å². The maximum Gasteiger partial charge on any atom is 0.134 e. The lowest BCUT2D eigenvalue weighted by Gasteiger charge is -2.32. The molecule has 0 rings (SSSR count). The van der Waals surface area contributed by atoms with Gasteiger partial charge in [-0.15, -0.1) is 0 Å². The zero-order chi connectivity index (χ0) is 14.4. The Balaban J connectivity index is 3.58. The van der Waals surface area contributed by atoms with Gasteiger partial charge in [-0.3, -0.25) is 0 Å². The van der Waals surface area contributed by atoms with Crippen molar-refractivity contribution in [3.63, 3.8) is 0 Å². The van der Waals surface area contributed by atoms with Crippen LogP contribution in [-0.4, -0.2) is 30.1 Å². The zero-order valence-corrected chi connectivity index (χ0v) is 15.3. The number of halogens is 1. The molecule has 0 aliphatic heterocycles. The van der Waals surface area contributed by atoms with Crippen LogP contribution in [0.4, 0.5) is 0 Å². The average Bonchev–Trinajstić information content (AvgIpc) is 2.42. The minimum Gasteiger partial charge on any atom is -0.317 e. The van der Waals surface area contributed by atoms with E-state index in [1.807, 2.05) is 0 Å². The quantitative estimate of drug-likeness (QED) is 0.155. The summed E-state index contributed by atoms with van der Waals surface area (Å²) in [6.45, 7) is 7.28. The van der Waals surface area contributed by atoms with Crippen LogP contribution in [0.15, 0.2) is 0 Å². The summed E-state index contributed by atoms with van der Waals surface area (Å²) >= 11 is 3.72. The van der Waals surface area contributed by atoms with E-state index in [1.165, 1.54) is 88.2 Å². The average molecular weight is 335 g/mol. The van der Waals surface area contributed by atoms with Crippen molar-refractivity contribution < 1.29 is 4.48 Å². The molecule has 0 saturated heterocycles. The molecule has 0 spiro atoms. The summed E-state index contributed by atoms with van der Waals surface area (Å²) in [4.78, 5) is 0. The molecule has 19 heavy (non-hydrogen) atoms. The van der Waals surface area contributed by atoms with Gasteiger partial charge in [-0.25, -0.2) is 0 Å². The fourth-order valence-corrected chi connectivity index (χ4v) is 3.10. The van der Waals surface area contributed by atoms with E-state index in [4.69, 9.17) is 0 Å². The highest BCUT2D eigenvalue weighted by atomic mass is 79.9. The van der Waals surface area contributed by atoms with Crippen LogP contribution >= 0.6 is 15.9 Å². The number of rotatable bonds is 14. The van der Waals surface area contributed by atoms with E-state index in [0.29, 0.717) is 0 Å². The molecule has 1 unspecified atom stereocenters. The van der Waals surface area contributed by atoms with Crippen LogP contribution < -0.4 is 0 Å². The summed E-state index contributed by atoms with van der Waals surface area (Å²) in [7, 11) is 2.42. The summed E-state index contributed by atoms with van der Waals surface area (Å²) in [5.74, 6) is 0. The molecule has 0 aromatic rings. The van der Waals surface area contributed by atoms with Crippen molar-refractivity contribution in [3.8, 4) is 0 Å². The summed E-state index contributed by atoms with van der Waals surface area (Å²) in [5, 5.41) is 0. The Kier molecular flexibility index (Phi) is 13.7. The van der Waals surface area contributed by atoms with Crippen LogP contribution in [-0.2, 0) is 0 Å². The van der Waals surface area contributed by atoms with Gasteiger partial charge >= 0.3 is 0 Å². The highest BCUT2D eigenvalue weighted by Crippen LogP contribution is 2.14. The third-order valence-electron chi connectivity index (χ3n) is 4.14. The summed E-state index contributed by atoms with van der Waals surface area (Å²) in [6.07, 6.45) is 15.5. The first-order chi connectivity index (χ1) is 9.18. The number of alkyl halides is 1. The van der Waals surface area contributed by atoms with Crippen LogP contribution in [0.5, 0.6) is 0 Å². The van der Waals surface area contributed by atoms with Gasteiger partial charge in [0.2, 0.25) is 0 Å². The smallest absolute Gasteiger partial charge is 0.134 e. The highest BCUT2D eigenvalue weighted by Gasteiger charge is 2.18. The Bertz CT molecular complexity index is 184. The molecule has 0 saturated carbocycles. The maximum absolute atomic E-state index is 3.72. The van der Waals surface area contributed by atoms with Gasteiger partial charge in [0.15, 0.2) is 0 Å². The minimum absolute atomic E-state index is 1.12. The van der Waals surface area contributed by atoms with E-state index in [1.54, 1.807) is 0 Å². The molecule has 0 amide bonds. The monoisotopic (exact) mass is 334 g/mol. The Morgan fingerprint density at radius 2 is 1.00 bits per heavy atom. The van der Waals surface area contributed by atoms with Gasteiger partial charge in [0, 0.05) is 0 Å². The molecular weight excluding hydrogens is 298 g/mol. The lowest BCUT2D eigenvalue weighted by Crippen LogP contribution is -2.44. The van der Waals surface area contributed by atoms with E-state index in [9.17, 15) is 0 Å². The van der Waals surface area contributed by atoms with E-state index < -0.39 is 0 Å². The van der Waals surface area contributed by atoms with Crippen LogP contribution in [0.2, 0.25) is 0 Å². The fraction of sp³-hybridized carbons (Fsp3) is 1.00. The Morgan fingerprint density at radius 1 is 0.632 bits per heavy atom. The predicted octanol–water partition coefficient (Wildman–Crippen LogP) is 6.12. The molecule has 116 valence electrons. The summed E-state index contributed by atoms with van der Waals surface area (Å²) in [6, 6.07) is 0. The molecule has 0 aliphatic carbocycles. The van der Waals surface area contributed by atoms with Gasteiger partial charge in [0.1, 0.15) is 5.45 Å². The number of nitrogens with zero attached hydrogens (tertiary/aromatic N) is 1. The zero-order valence-electron chi connectivity index (χ0n) is 13.7. The Labute approximate surface area is 130 Å². The molecule has 0 heterocycles. The van der Waals surface area contributed by atoms with Crippen molar-refractivity contribution in [2.75, 3.05) is 25.6 Å². The number of quaternary nitrogens is 1. The van der Waals surface area contributed by atoms with E-state index in [-0.39, 0.29) is 0 Å². The largest absolute Gasteiger partial charge is 0.317 e. The SMILES string of the molecule is CCCCCCCC[N+](C)(CBr)CCCCCCC. The van der Waals surface area contributed by atoms with Crippen molar-refractivity contribution in [2.45, 2.75) is 84.5 Å². The number of unbranched alkanes of at least 4 members (excludes halogenated alkanes) is 9. The van der Waals surface area contributed by atoms with Crippen LogP contribution in [0, 0.1) is 0 Å². The predicted molar refractivity (Wildman–Crippen MR) is 91.8 cm³/mol. The van der Waals surface area contributed by atoms with Gasteiger partial charge in [-0.05, 0) is 41.6 Å². The van der Waals surface area contributed by atoms with Crippen molar-refractivity contribution in [2.24, 2.45) is 0 Å². The molecule has 1 nitrogen and oxygen atoms in total. The number of hydrogen-bond donors (Lipinski definition) is 0. The standard InChI is InChI=1S/C17H37BrN/c1-4-6-8-10-12-14-16-19(3,17-18)15-13-11-9-7-5-2/h4-17H2,1-3H3/q+1. The van der Waals surface area contributed by atoms with Gasteiger partial charge in [0.25, 0.3) is 0 Å². The topological polar surface area (TPSA) is 0 Å².